The largest absolute Gasteiger partial charge is 0.469 e. The average Bonchev–Trinajstić information content (AvgIpc) is 2.11. The molecule has 0 spiro atoms. The van der Waals surface area contributed by atoms with E-state index in [1.54, 1.807) is 6.92 Å². The molecule has 0 amide bonds. The number of carbonyl (C=O) groups excluding carboxylic acids is 1. The lowest BCUT2D eigenvalue weighted by Crippen LogP contribution is -2.16. The topological polar surface area (TPSA) is 66.8 Å². The number of esters is 1. The van der Waals surface area contributed by atoms with Crippen molar-refractivity contribution in [3.05, 3.63) is 5.92 Å². The van der Waals surface area contributed by atoms with Crippen LogP contribution in [0.15, 0.2) is 0 Å². The van der Waals surface area contributed by atoms with Crippen molar-refractivity contribution < 1.29 is 19.7 Å². The molecule has 1 atom stereocenters. The fourth-order valence-electron chi connectivity index (χ4n) is 0.751. The third-order valence-corrected chi connectivity index (χ3v) is 1.60. The van der Waals surface area contributed by atoms with Crippen molar-refractivity contribution in [1.82, 2.24) is 0 Å². The van der Waals surface area contributed by atoms with Crippen molar-refractivity contribution in [2.75, 3.05) is 13.7 Å². The fraction of sp³-hybridized carbons (Fsp3) is 0.750. The van der Waals surface area contributed by atoms with Gasteiger partial charge in [0.25, 0.3) is 0 Å². The second-order valence-corrected chi connectivity index (χ2v) is 2.65. The average molecular weight is 175 g/mol. The molecule has 4 nitrogen and oxygen atoms in total. The summed E-state index contributed by atoms with van der Waals surface area (Å²) in [5.41, 5.74) is 0. The highest BCUT2D eigenvalue weighted by molar-refractivity contribution is 5.83. The highest BCUT2D eigenvalue weighted by Crippen LogP contribution is 2.11. The molecule has 0 aliphatic heterocycles. The number of hydrogen-bond donors (Lipinski definition) is 2. The molecular formula is C8H15O4. The third kappa shape index (κ3) is 4.31. The van der Waals surface area contributed by atoms with Gasteiger partial charge in [0, 0.05) is 0 Å². The molecule has 71 valence electrons. The molecule has 0 saturated carbocycles. The Morgan fingerprint density at radius 3 is 2.58 bits per heavy atom. The minimum atomic E-state index is -0.746. The summed E-state index contributed by atoms with van der Waals surface area (Å²) in [6.45, 7) is 1.38. The maximum Gasteiger partial charge on any atom is 0.312 e. The zero-order chi connectivity index (χ0) is 9.56. The summed E-state index contributed by atoms with van der Waals surface area (Å²) >= 11 is 0. The zero-order valence-electron chi connectivity index (χ0n) is 7.41. The van der Waals surface area contributed by atoms with Crippen LogP contribution in [0.1, 0.15) is 19.8 Å². The molecule has 1 unspecified atom stereocenters. The number of ether oxygens (including phenoxy) is 1. The lowest BCUT2D eigenvalue weighted by Gasteiger charge is -2.10. The molecule has 0 fully saturated rings. The summed E-state index contributed by atoms with van der Waals surface area (Å²) in [6, 6.07) is 0. The Balaban J connectivity index is 3.56. The quantitative estimate of drug-likeness (QED) is 0.572. The summed E-state index contributed by atoms with van der Waals surface area (Å²) in [4.78, 5) is 10.8. The van der Waals surface area contributed by atoms with Gasteiger partial charge in [-0.05, 0) is 19.8 Å². The van der Waals surface area contributed by atoms with Crippen molar-refractivity contribution in [3.63, 3.8) is 0 Å². The molecule has 4 heteroatoms. The number of methoxy groups -OCH3 is 1. The van der Waals surface area contributed by atoms with Crippen LogP contribution in [-0.2, 0) is 9.53 Å². The predicted octanol–water partition coefficient (Wildman–Crippen LogP) is -0.113. The Morgan fingerprint density at radius 2 is 2.17 bits per heavy atom. The van der Waals surface area contributed by atoms with Crippen LogP contribution in [0.2, 0.25) is 0 Å². The van der Waals surface area contributed by atoms with Gasteiger partial charge >= 0.3 is 5.97 Å². The molecule has 0 bridgehead atoms. The molecule has 0 rings (SSSR count). The molecule has 0 aromatic heterocycles. The van der Waals surface area contributed by atoms with Crippen LogP contribution in [0.25, 0.3) is 0 Å². The molecule has 12 heavy (non-hydrogen) atoms. The molecule has 0 aliphatic rings. The normalized spacial score (nSPS) is 13.1. The molecule has 2 N–H and O–H groups in total. The van der Waals surface area contributed by atoms with Gasteiger partial charge in [-0.3, -0.25) is 4.79 Å². The van der Waals surface area contributed by atoms with Crippen LogP contribution in [0.3, 0.4) is 0 Å². The van der Waals surface area contributed by atoms with E-state index in [0.29, 0.717) is 18.8 Å². The van der Waals surface area contributed by atoms with E-state index in [2.05, 4.69) is 4.74 Å². The van der Waals surface area contributed by atoms with E-state index >= 15 is 0 Å². The Hall–Kier alpha value is -0.610. The van der Waals surface area contributed by atoms with Crippen molar-refractivity contribution in [2.45, 2.75) is 25.9 Å². The lowest BCUT2D eigenvalue weighted by molar-refractivity contribution is -0.138. The van der Waals surface area contributed by atoms with Gasteiger partial charge in [-0.25, -0.2) is 0 Å². The van der Waals surface area contributed by atoms with Crippen LogP contribution in [0, 0.1) is 5.92 Å². The Kier molecular flexibility index (Phi) is 5.66. The monoisotopic (exact) mass is 175 g/mol. The minimum absolute atomic E-state index is 0.269. The Labute approximate surface area is 72.2 Å². The molecule has 1 radical (unpaired) electrons. The number of aliphatic hydroxyl groups excluding tert-OH is 2. The molecular weight excluding hydrogens is 160 g/mol. The van der Waals surface area contributed by atoms with Gasteiger partial charge in [-0.2, -0.15) is 0 Å². The van der Waals surface area contributed by atoms with Crippen molar-refractivity contribution >= 4 is 5.97 Å². The number of carbonyl (C=O) groups is 1. The van der Waals surface area contributed by atoms with Crippen LogP contribution < -0.4 is 0 Å². The van der Waals surface area contributed by atoms with Gasteiger partial charge in [-0.15, -0.1) is 0 Å². The lowest BCUT2D eigenvalue weighted by atomic mass is 10.0. The van der Waals surface area contributed by atoms with E-state index in [0.717, 1.165) is 0 Å². The third-order valence-electron chi connectivity index (χ3n) is 1.60. The van der Waals surface area contributed by atoms with E-state index in [9.17, 15) is 4.79 Å². The molecule has 0 saturated heterocycles. The molecule has 0 aromatic carbocycles. The summed E-state index contributed by atoms with van der Waals surface area (Å²) in [7, 11) is 1.31. The SMILES string of the molecule is COC(=O)[C](C)CCC(O)CO. The summed E-state index contributed by atoms with van der Waals surface area (Å²) < 4.78 is 4.46. The second-order valence-electron chi connectivity index (χ2n) is 2.65. The number of aliphatic hydroxyl groups is 2. The first-order valence-corrected chi connectivity index (χ1v) is 3.81. The van der Waals surface area contributed by atoms with E-state index in [1.165, 1.54) is 7.11 Å². The Bertz CT molecular complexity index is 135. The summed E-state index contributed by atoms with van der Waals surface area (Å²) in [5.74, 6) is 0.199. The summed E-state index contributed by atoms with van der Waals surface area (Å²) in [5, 5.41) is 17.4. The van der Waals surface area contributed by atoms with E-state index in [4.69, 9.17) is 10.2 Å². The smallest absolute Gasteiger partial charge is 0.312 e. The van der Waals surface area contributed by atoms with Crippen molar-refractivity contribution in [3.8, 4) is 0 Å². The first-order chi connectivity index (χ1) is 5.61. The van der Waals surface area contributed by atoms with E-state index in [-0.39, 0.29) is 12.6 Å². The summed E-state index contributed by atoms with van der Waals surface area (Å²) in [6.07, 6.45) is 0.0934. The second kappa shape index (κ2) is 5.97. The van der Waals surface area contributed by atoms with Gasteiger partial charge in [0.05, 0.1) is 25.7 Å². The molecule has 0 aliphatic carbocycles. The van der Waals surface area contributed by atoms with Gasteiger partial charge in [0.1, 0.15) is 0 Å². The van der Waals surface area contributed by atoms with Gasteiger partial charge in [-0.1, -0.05) is 0 Å². The number of rotatable bonds is 5. The van der Waals surface area contributed by atoms with Crippen LogP contribution in [0.5, 0.6) is 0 Å². The first-order valence-electron chi connectivity index (χ1n) is 3.81. The fourth-order valence-corrected chi connectivity index (χ4v) is 0.751. The highest BCUT2D eigenvalue weighted by atomic mass is 16.5. The number of hydrogen-bond acceptors (Lipinski definition) is 4. The maximum atomic E-state index is 10.8. The minimum Gasteiger partial charge on any atom is -0.469 e. The zero-order valence-corrected chi connectivity index (χ0v) is 7.41. The predicted molar refractivity (Wildman–Crippen MR) is 43.3 cm³/mol. The standard InChI is InChI=1S/C8H15O4/c1-6(8(11)12-2)3-4-7(10)5-9/h7,9-10H,3-5H2,1-2H3. The Morgan fingerprint density at radius 1 is 1.58 bits per heavy atom. The van der Waals surface area contributed by atoms with Gasteiger partial charge in [0.15, 0.2) is 0 Å². The molecule has 0 aromatic rings. The van der Waals surface area contributed by atoms with E-state index in [1.807, 2.05) is 0 Å². The maximum absolute atomic E-state index is 10.8. The highest BCUT2D eigenvalue weighted by Gasteiger charge is 2.15. The molecule has 0 heterocycles. The van der Waals surface area contributed by atoms with Crippen LogP contribution in [-0.4, -0.2) is 36.0 Å². The van der Waals surface area contributed by atoms with Gasteiger partial charge < -0.3 is 14.9 Å². The van der Waals surface area contributed by atoms with Crippen molar-refractivity contribution in [1.29, 1.82) is 0 Å². The van der Waals surface area contributed by atoms with Crippen LogP contribution >= 0.6 is 0 Å². The van der Waals surface area contributed by atoms with E-state index < -0.39 is 6.10 Å². The first kappa shape index (κ1) is 11.4. The van der Waals surface area contributed by atoms with Crippen LogP contribution in [0.4, 0.5) is 0 Å². The van der Waals surface area contributed by atoms with Crippen molar-refractivity contribution in [2.24, 2.45) is 0 Å². The van der Waals surface area contributed by atoms with Gasteiger partial charge in [0.2, 0.25) is 0 Å².